The lowest BCUT2D eigenvalue weighted by Crippen LogP contribution is -2.09. The number of ether oxygens (including phenoxy) is 1. The smallest absolute Gasteiger partial charge is 0.0562 e. The lowest BCUT2D eigenvalue weighted by Gasteiger charge is -2.08. The fourth-order valence-electron chi connectivity index (χ4n) is 1.38. The van der Waals surface area contributed by atoms with E-state index >= 15 is 0 Å². The van der Waals surface area contributed by atoms with Crippen LogP contribution in [0.2, 0.25) is 0 Å². The molecule has 0 radical (unpaired) electrons. The molecule has 80 valence electrons. The van der Waals surface area contributed by atoms with Gasteiger partial charge >= 0.3 is 0 Å². The third-order valence-electron chi connectivity index (χ3n) is 2.30. The fraction of sp³-hybridized carbons (Fsp3) is 1.00. The molecule has 0 aromatic carbocycles. The summed E-state index contributed by atoms with van der Waals surface area (Å²) in [7, 11) is 1.67. The van der Waals surface area contributed by atoms with Crippen molar-refractivity contribution in [1.82, 2.24) is 0 Å². The normalized spacial score (nSPS) is 13.2. The second-order valence-corrected chi connectivity index (χ2v) is 3.64. The van der Waals surface area contributed by atoms with Gasteiger partial charge in [0, 0.05) is 13.7 Å². The van der Waals surface area contributed by atoms with Crippen molar-refractivity contribution >= 4 is 0 Å². The summed E-state index contributed by atoms with van der Waals surface area (Å²) in [5.41, 5.74) is 0. The first-order chi connectivity index (χ1) is 6.31. The number of hydrogen-bond acceptors (Lipinski definition) is 2. The Hall–Kier alpha value is -0.0800. The Morgan fingerprint density at radius 3 is 2.38 bits per heavy atom. The first-order valence-corrected chi connectivity index (χ1v) is 5.48. The van der Waals surface area contributed by atoms with Crippen LogP contribution in [0.4, 0.5) is 0 Å². The molecule has 1 N–H and O–H groups in total. The van der Waals surface area contributed by atoms with Crippen LogP contribution < -0.4 is 0 Å². The van der Waals surface area contributed by atoms with Crippen LogP contribution in [-0.2, 0) is 4.74 Å². The molecule has 0 bridgehead atoms. The summed E-state index contributed by atoms with van der Waals surface area (Å²) in [6.07, 6.45) is 7.91. The Balaban J connectivity index is 3.03. The van der Waals surface area contributed by atoms with Crippen LogP contribution in [0, 0.1) is 0 Å². The maximum atomic E-state index is 9.46. The fourth-order valence-corrected chi connectivity index (χ4v) is 1.38. The van der Waals surface area contributed by atoms with Gasteiger partial charge in [0.1, 0.15) is 0 Å². The molecule has 1 unspecified atom stereocenters. The Bertz CT molecular complexity index is 94.1. The van der Waals surface area contributed by atoms with Crippen LogP contribution in [0.5, 0.6) is 0 Å². The average molecular weight is 188 g/mol. The van der Waals surface area contributed by atoms with Gasteiger partial charge in [-0.1, -0.05) is 39.0 Å². The van der Waals surface area contributed by atoms with Crippen molar-refractivity contribution < 1.29 is 9.84 Å². The summed E-state index contributed by atoms with van der Waals surface area (Å²) in [5.74, 6) is 0. The van der Waals surface area contributed by atoms with E-state index in [1.165, 1.54) is 25.7 Å². The lowest BCUT2D eigenvalue weighted by atomic mass is 10.1. The molecule has 1 atom stereocenters. The summed E-state index contributed by atoms with van der Waals surface area (Å²) in [5, 5.41) is 9.46. The highest BCUT2D eigenvalue weighted by Gasteiger charge is 2.02. The number of methoxy groups -OCH3 is 1. The van der Waals surface area contributed by atoms with Gasteiger partial charge in [0.2, 0.25) is 0 Å². The largest absolute Gasteiger partial charge is 0.393 e. The van der Waals surface area contributed by atoms with Crippen molar-refractivity contribution in [3.05, 3.63) is 0 Å². The molecule has 0 aliphatic carbocycles. The number of unbranched alkanes of at least 4 members (excludes halogenated alkanes) is 4. The minimum absolute atomic E-state index is 0.151. The van der Waals surface area contributed by atoms with Gasteiger partial charge in [0.25, 0.3) is 0 Å². The van der Waals surface area contributed by atoms with E-state index in [2.05, 4.69) is 6.92 Å². The minimum atomic E-state index is -0.151. The Labute approximate surface area is 82.3 Å². The van der Waals surface area contributed by atoms with Crippen LogP contribution in [0.15, 0.2) is 0 Å². The zero-order valence-corrected chi connectivity index (χ0v) is 9.09. The molecule has 0 saturated carbocycles. The predicted octanol–water partition coefficient (Wildman–Crippen LogP) is 2.74. The van der Waals surface area contributed by atoms with Gasteiger partial charge in [-0.05, 0) is 12.8 Å². The zero-order chi connectivity index (χ0) is 9.94. The molecule has 0 spiro atoms. The molecule has 2 nitrogen and oxygen atoms in total. The Morgan fingerprint density at radius 1 is 1.08 bits per heavy atom. The first-order valence-electron chi connectivity index (χ1n) is 5.48. The van der Waals surface area contributed by atoms with Gasteiger partial charge in [-0.15, -0.1) is 0 Å². The van der Waals surface area contributed by atoms with Crippen molar-refractivity contribution in [2.75, 3.05) is 13.7 Å². The van der Waals surface area contributed by atoms with Crippen molar-refractivity contribution in [2.24, 2.45) is 0 Å². The number of rotatable bonds is 9. The summed E-state index contributed by atoms with van der Waals surface area (Å²) in [6, 6.07) is 0. The number of aliphatic hydroxyl groups excluding tert-OH is 1. The summed E-state index contributed by atoms with van der Waals surface area (Å²) < 4.78 is 4.90. The van der Waals surface area contributed by atoms with Crippen LogP contribution in [0.25, 0.3) is 0 Å². The standard InChI is InChI=1S/C11H24O2/c1-3-4-5-6-7-8-11(12)9-10-13-2/h11-12H,3-10H2,1-2H3. The van der Waals surface area contributed by atoms with E-state index in [0.29, 0.717) is 6.61 Å². The van der Waals surface area contributed by atoms with Crippen LogP contribution >= 0.6 is 0 Å². The third-order valence-corrected chi connectivity index (χ3v) is 2.30. The van der Waals surface area contributed by atoms with Crippen molar-refractivity contribution in [3.8, 4) is 0 Å². The molecule has 0 fully saturated rings. The van der Waals surface area contributed by atoms with Gasteiger partial charge < -0.3 is 9.84 Å². The highest BCUT2D eigenvalue weighted by molar-refractivity contribution is 4.55. The first kappa shape index (κ1) is 12.9. The zero-order valence-electron chi connectivity index (χ0n) is 9.09. The van der Waals surface area contributed by atoms with Gasteiger partial charge in [0.05, 0.1) is 6.10 Å². The quantitative estimate of drug-likeness (QED) is 0.564. The van der Waals surface area contributed by atoms with E-state index in [0.717, 1.165) is 19.3 Å². The van der Waals surface area contributed by atoms with Gasteiger partial charge in [-0.2, -0.15) is 0 Å². The van der Waals surface area contributed by atoms with E-state index in [1.54, 1.807) is 7.11 Å². The Morgan fingerprint density at radius 2 is 1.77 bits per heavy atom. The Kier molecular flexibility index (Phi) is 9.94. The van der Waals surface area contributed by atoms with Gasteiger partial charge in [-0.3, -0.25) is 0 Å². The molecule has 0 rings (SSSR count). The van der Waals surface area contributed by atoms with E-state index in [-0.39, 0.29) is 6.10 Å². The topological polar surface area (TPSA) is 29.5 Å². The van der Waals surface area contributed by atoms with Crippen LogP contribution in [-0.4, -0.2) is 24.9 Å². The maximum absolute atomic E-state index is 9.46. The predicted molar refractivity (Wildman–Crippen MR) is 55.9 cm³/mol. The van der Waals surface area contributed by atoms with Crippen molar-refractivity contribution in [2.45, 2.75) is 58.0 Å². The SMILES string of the molecule is CCCCCCCC(O)CCOC. The molecule has 0 saturated heterocycles. The molecule has 0 aliphatic heterocycles. The van der Waals surface area contributed by atoms with Crippen LogP contribution in [0.3, 0.4) is 0 Å². The monoisotopic (exact) mass is 188 g/mol. The second kappa shape index (κ2) is 10.0. The molecule has 0 aliphatic rings. The molecule has 13 heavy (non-hydrogen) atoms. The van der Waals surface area contributed by atoms with E-state index < -0.39 is 0 Å². The summed E-state index contributed by atoms with van der Waals surface area (Å²) in [4.78, 5) is 0. The molecule has 0 heterocycles. The highest BCUT2D eigenvalue weighted by atomic mass is 16.5. The van der Waals surface area contributed by atoms with E-state index in [1.807, 2.05) is 0 Å². The van der Waals surface area contributed by atoms with Crippen molar-refractivity contribution in [1.29, 1.82) is 0 Å². The molecule has 0 aromatic heterocycles. The molecular formula is C11H24O2. The molecule has 2 heteroatoms. The van der Waals surface area contributed by atoms with Gasteiger partial charge in [0.15, 0.2) is 0 Å². The molecule has 0 aromatic rings. The maximum Gasteiger partial charge on any atom is 0.0562 e. The van der Waals surface area contributed by atoms with Gasteiger partial charge in [-0.25, -0.2) is 0 Å². The lowest BCUT2D eigenvalue weighted by molar-refractivity contribution is 0.102. The molecular weight excluding hydrogens is 164 g/mol. The summed E-state index contributed by atoms with van der Waals surface area (Å²) in [6.45, 7) is 2.89. The van der Waals surface area contributed by atoms with Crippen LogP contribution in [0.1, 0.15) is 51.9 Å². The number of aliphatic hydroxyl groups is 1. The van der Waals surface area contributed by atoms with E-state index in [4.69, 9.17) is 4.74 Å². The second-order valence-electron chi connectivity index (χ2n) is 3.64. The van der Waals surface area contributed by atoms with E-state index in [9.17, 15) is 5.11 Å². The average Bonchev–Trinajstić information content (AvgIpc) is 2.14. The summed E-state index contributed by atoms with van der Waals surface area (Å²) >= 11 is 0. The third kappa shape index (κ3) is 9.84. The van der Waals surface area contributed by atoms with Crippen molar-refractivity contribution in [3.63, 3.8) is 0 Å². The minimum Gasteiger partial charge on any atom is -0.393 e. The molecule has 0 amide bonds. The highest BCUT2D eigenvalue weighted by Crippen LogP contribution is 2.08. The number of hydrogen-bond donors (Lipinski definition) is 1.